The molecule has 0 spiro atoms. The minimum absolute atomic E-state index is 0.0752. The second kappa shape index (κ2) is 5.25. The lowest BCUT2D eigenvalue weighted by molar-refractivity contribution is 0.148. The second-order valence-electron chi connectivity index (χ2n) is 5.42. The van der Waals surface area contributed by atoms with Gasteiger partial charge in [-0.1, -0.05) is 57.2 Å². The summed E-state index contributed by atoms with van der Waals surface area (Å²) in [4.78, 5) is 11.1. The van der Waals surface area contributed by atoms with E-state index in [4.69, 9.17) is 6.48 Å². The van der Waals surface area contributed by atoms with Crippen LogP contribution in [0.2, 0.25) is 0 Å². The summed E-state index contributed by atoms with van der Waals surface area (Å²) < 4.78 is 7.96. The molecule has 98 valence electrons. The van der Waals surface area contributed by atoms with E-state index in [0.717, 1.165) is 5.56 Å². The van der Waals surface area contributed by atoms with E-state index < -0.39 is 17.0 Å². The van der Waals surface area contributed by atoms with E-state index in [1.165, 1.54) is 0 Å². The summed E-state index contributed by atoms with van der Waals surface area (Å²) in [5.74, 6) is 0. The lowest BCUT2D eigenvalue weighted by Gasteiger charge is -2.42. The molecular formula is C15H21NO2. The van der Waals surface area contributed by atoms with Crippen LogP contribution in [0.5, 0.6) is 0 Å². The van der Waals surface area contributed by atoms with Crippen LogP contribution in [0.4, 0.5) is 4.79 Å². The van der Waals surface area contributed by atoms with Crippen LogP contribution in [-0.4, -0.2) is 16.7 Å². The van der Waals surface area contributed by atoms with Crippen LogP contribution in [0.1, 0.15) is 27.7 Å². The Balaban J connectivity index is 3.24. The van der Waals surface area contributed by atoms with Gasteiger partial charge in [0.05, 0.1) is 6.91 Å². The smallest absolute Gasteiger partial charge is 0.405 e. The minimum atomic E-state index is -1.14. The molecule has 0 aliphatic heterocycles. The maximum Gasteiger partial charge on any atom is 0.405 e. The number of carboxylic acid groups (broad SMARTS) is 1. The predicted molar refractivity (Wildman–Crippen MR) is 73.7 cm³/mol. The molecule has 0 saturated carbocycles. The first kappa shape index (κ1) is 12.7. The van der Waals surface area contributed by atoms with E-state index in [0.29, 0.717) is 6.42 Å². The van der Waals surface area contributed by atoms with E-state index >= 15 is 0 Å². The molecule has 0 aromatic heterocycles. The third kappa shape index (κ3) is 3.13. The van der Waals surface area contributed by atoms with Gasteiger partial charge in [0.25, 0.3) is 0 Å². The third-order valence-corrected chi connectivity index (χ3v) is 3.21. The summed E-state index contributed by atoms with van der Waals surface area (Å²) in [6.45, 7) is 9.41. The van der Waals surface area contributed by atoms with Gasteiger partial charge in [0.1, 0.15) is 0 Å². The summed E-state index contributed by atoms with van der Waals surface area (Å²) in [5, 5.41) is 11.6. The topological polar surface area (TPSA) is 49.3 Å². The molecule has 18 heavy (non-hydrogen) atoms. The average Bonchev–Trinajstić information content (AvgIpc) is 2.27. The van der Waals surface area contributed by atoms with Crippen molar-refractivity contribution in [3.8, 4) is 0 Å². The van der Waals surface area contributed by atoms with Crippen molar-refractivity contribution in [2.24, 2.45) is 5.41 Å². The van der Waals surface area contributed by atoms with Crippen molar-refractivity contribution in [2.75, 3.05) is 0 Å². The Kier molecular flexibility index (Phi) is 3.70. The number of amides is 1. The molecule has 1 amide bonds. The molecule has 0 aliphatic rings. The van der Waals surface area contributed by atoms with Crippen molar-refractivity contribution in [3.63, 3.8) is 0 Å². The highest BCUT2D eigenvalue weighted by molar-refractivity contribution is 5.66. The maximum atomic E-state index is 11.1. The highest BCUT2D eigenvalue weighted by Gasteiger charge is 2.40. The fraction of sp³-hybridized carbons (Fsp3) is 0.400. The molecule has 0 fully saturated rings. The van der Waals surface area contributed by atoms with Crippen molar-refractivity contribution in [2.45, 2.75) is 32.7 Å². The van der Waals surface area contributed by atoms with Gasteiger partial charge in [-0.3, -0.25) is 0 Å². The van der Waals surface area contributed by atoms with Gasteiger partial charge < -0.3 is 10.4 Å². The lowest BCUT2D eigenvalue weighted by Crippen LogP contribution is -2.56. The number of carbonyl (C=O) groups is 1. The highest BCUT2D eigenvalue weighted by Crippen LogP contribution is 2.34. The Hall–Kier alpha value is -1.77. The molecule has 1 aromatic carbocycles. The van der Waals surface area contributed by atoms with Crippen molar-refractivity contribution < 1.29 is 11.3 Å². The standard InChI is InChI=1S/C15H21NO2/c1-5-15(14(2,3)4,16-13(17)18)11-12-9-7-6-8-10-12/h5-10,16H,1,11H2,2-4H3,(H,17,18)/i5D. The zero-order chi connectivity index (χ0) is 14.7. The SMILES string of the molecule is [2H]C(=C)C(Cc1ccccc1)(NC(=O)O)C(C)(C)C. The van der Waals surface area contributed by atoms with Gasteiger partial charge in [-0.2, -0.15) is 0 Å². The molecule has 3 heteroatoms. The Bertz CT molecular complexity index is 465. The van der Waals surface area contributed by atoms with E-state index in [-0.39, 0.29) is 6.05 Å². The molecule has 1 rings (SSSR count). The Morgan fingerprint density at radius 1 is 1.44 bits per heavy atom. The first-order valence-corrected chi connectivity index (χ1v) is 5.90. The molecule has 0 saturated heterocycles. The summed E-state index contributed by atoms with van der Waals surface area (Å²) >= 11 is 0. The second-order valence-corrected chi connectivity index (χ2v) is 5.42. The molecule has 0 heterocycles. The molecular weight excluding hydrogens is 226 g/mol. The molecule has 0 radical (unpaired) electrons. The van der Waals surface area contributed by atoms with Crippen molar-refractivity contribution >= 4 is 6.09 Å². The molecule has 1 atom stereocenters. The number of rotatable bonds is 4. The first-order chi connectivity index (χ1) is 8.69. The van der Waals surface area contributed by atoms with Crippen LogP contribution >= 0.6 is 0 Å². The van der Waals surface area contributed by atoms with E-state index in [9.17, 15) is 4.79 Å². The molecule has 3 nitrogen and oxygen atoms in total. The van der Waals surface area contributed by atoms with Crippen molar-refractivity contribution in [3.05, 3.63) is 48.5 Å². The van der Waals surface area contributed by atoms with Gasteiger partial charge in [-0.15, -0.1) is 6.58 Å². The highest BCUT2D eigenvalue weighted by atomic mass is 16.4. The van der Waals surface area contributed by atoms with Crippen LogP contribution in [0.3, 0.4) is 0 Å². The number of benzene rings is 1. The fourth-order valence-electron chi connectivity index (χ4n) is 1.95. The van der Waals surface area contributed by atoms with E-state index in [1.54, 1.807) is 0 Å². The Labute approximate surface area is 110 Å². The molecule has 1 unspecified atom stereocenters. The Morgan fingerprint density at radius 3 is 2.39 bits per heavy atom. The normalized spacial score (nSPS) is 15.4. The van der Waals surface area contributed by atoms with Gasteiger partial charge in [-0.25, -0.2) is 4.79 Å². The third-order valence-electron chi connectivity index (χ3n) is 3.21. The summed E-state index contributed by atoms with van der Waals surface area (Å²) in [6.07, 6.45) is -0.731. The van der Waals surface area contributed by atoms with Crippen molar-refractivity contribution in [1.29, 1.82) is 0 Å². The lowest BCUT2D eigenvalue weighted by atomic mass is 9.70. The van der Waals surface area contributed by atoms with E-state index in [2.05, 4.69) is 11.9 Å². The first-order valence-electron chi connectivity index (χ1n) is 6.40. The Morgan fingerprint density at radius 2 is 2.00 bits per heavy atom. The summed E-state index contributed by atoms with van der Waals surface area (Å²) in [5.41, 5.74) is -0.500. The maximum absolute atomic E-state index is 11.1. The van der Waals surface area contributed by atoms with Gasteiger partial charge in [-0.05, 0) is 17.4 Å². The average molecular weight is 248 g/mol. The minimum Gasteiger partial charge on any atom is -0.465 e. The molecule has 0 bridgehead atoms. The summed E-state index contributed by atoms with van der Waals surface area (Å²) in [6, 6.07) is 9.63. The zero-order valence-corrected chi connectivity index (χ0v) is 11.2. The molecule has 0 aliphatic carbocycles. The number of nitrogens with one attached hydrogen (secondary N) is 1. The van der Waals surface area contributed by atoms with Gasteiger partial charge in [0.15, 0.2) is 0 Å². The van der Waals surface area contributed by atoms with Crippen LogP contribution in [0.15, 0.2) is 43.0 Å². The van der Waals surface area contributed by atoms with Gasteiger partial charge >= 0.3 is 6.09 Å². The fourth-order valence-corrected chi connectivity index (χ4v) is 1.95. The van der Waals surface area contributed by atoms with Gasteiger partial charge in [0, 0.05) is 0 Å². The van der Waals surface area contributed by atoms with E-state index in [1.807, 2.05) is 51.1 Å². The van der Waals surface area contributed by atoms with Crippen LogP contribution in [0.25, 0.3) is 0 Å². The zero-order valence-electron chi connectivity index (χ0n) is 12.2. The number of hydrogen-bond acceptors (Lipinski definition) is 1. The quantitative estimate of drug-likeness (QED) is 0.802. The van der Waals surface area contributed by atoms with Crippen LogP contribution < -0.4 is 5.32 Å². The van der Waals surface area contributed by atoms with Crippen LogP contribution in [-0.2, 0) is 6.42 Å². The van der Waals surface area contributed by atoms with Crippen LogP contribution in [0, 0.1) is 5.41 Å². The monoisotopic (exact) mass is 248 g/mol. The largest absolute Gasteiger partial charge is 0.465 e. The summed E-state index contributed by atoms with van der Waals surface area (Å²) in [7, 11) is 0. The predicted octanol–water partition coefficient (Wildman–Crippen LogP) is 3.47. The molecule has 1 aromatic rings. The van der Waals surface area contributed by atoms with Crippen molar-refractivity contribution in [1.82, 2.24) is 5.32 Å². The number of hydrogen-bond donors (Lipinski definition) is 2. The van der Waals surface area contributed by atoms with Gasteiger partial charge in [0.2, 0.25) is 0 Å². The molecule has 2 N–H and O–H groups in total.